The van der Waals surface area contributed by atoms with Crippen LogP contribution in [0.15, 0.2) is 12.2 Å². The van der Waals surface area contributed by atoms with Gasteiger partial charge in [0.2, 0.25) is 0 Å². The molecule has 0 aliphatic carbocycles. The van der Waals surface area contributed by atoms with Crippen molar-refractivity contribution < 1.29 is 14.6 Å². The molecule has 2 atom stereocenters. The Morgan fingerprint density at radius 1 is 1.73 bits per heavy atom. The van der Waals surface area contributed by atoms with Crippen LogP contribution in [0.1, 0.15) is 0 Å². The van der Waals surface area contributed by atoms with E-state index in [2.05, 4.69) is 0 Å². The van der Waals surface area contributed by atoms with E-state index in [1.807, 2.05) is 0 Å². The van der Waals surface area contributed by atoms with E-state index < -0.39 is 6.10 Å². The normalized spacial score (nSPS) is 35.4. The molecule has 0 radical (unpaired) electrons. The van der Waals surface area contributed by atoms with E-state index >= 15 is 0 Å². The standard InChI is InChI=1S/C7H9NO3/c9-6-2-1-3-8-5(6)4-11-7(8)10/h1-2,5-6,9H,3-4H2/t5-,6+/m1/s1. The van der Waals surface area contributed by atoms with Crippen molar-refractivity contribution in [2.45, 2.75) is 12.1 Å². The molecule has 1 amide bonds. The van der Waals surface area contributed by atoms with E-state index in [1.54, 1.807) is 12.2 Å². The lowest BCUT2D eigenvalue weighted by atomic mass is 10.1. The number of aliphatic hydroxyl groups excluding tert-OH is 1. The number of aliphatic hydroxyl groups is 1. The first-order valence-corrected chi connectivity index (χ1v) is 3.57. The number of amides is 1. The van der Waals surface area contributed by atoms with E-state index in [0.717, 1.165) is 0 Å². The molecule has 0 bridgehead atoms. The van der Waals surface area contributed by atoms with Crippen LogP contribution in [0, 0.1) is 0 Å². The minimum absolute atomic E-state index is 0.160. The molecule has 1 fully saturated rings. The Labute approximate surface area is 64.1 Å². The zero-order chi connectivity index (χ0) is 7.84. The number of carbonyl (C=O) groups is 1. The van der Waals surface area contributed by atoms with Crippen molar-refractivity contribution in [3.05, 3.63) is 12.2 Å². The molecule has 0 spiro atoms. The first-order chi connectivity index (χ1) is 5.29. The zero-order valence-electron chi connectivity index (χ0n) is 5.93. The molecule has 2 rings (SSSR count). The van der Waals surface area contributed by atoms with Gasteiger partial charge in [0.15, 0.2) is 0 Å². The molecule has 11 heavy (non-hydrogen) atoms. The summed E-state index contributed by atoms with van der Waals surface area (Å²) in [6, 6.07) is -0.160. The van der Waals surface area contributed by atoms with E-state index in [4.69, 9.17) is 4.74 Å². The van der Waals surface area contributed by atoms with E-state index in [-0.39, 0.29) is 12.1 Å². The maximum absolute atomic E-state index is 10.9. The highest BCUT2D eigenvalue weighted by Gasteiger charge is 2.37. The Morgan fingerprint density at radius 3 is 3.27 bits per heavy atom. The Hall–Kier alpha value is -1.03. The van der Waals surface area contributed by atoms with Crippen LogP contribution in [-0.2, 0) is 4.74 Å². The first-order valence-electron chi connectivity index (χ1n) is 3.57. The van der Waals surface area contributed by atoms with Gasteiger partial charge in [0.1, 0.15) is 6.61 Å². The zero-order valence-corrected chi connectivity index (χ0v) is 5.93. The molecule has 0 aromatic carbocycles. The van der Waals surface area contributed by atoms with Gasteiger partial charge in [0.05, 0.1) is 12.1 Å². The van der Waals surface area contributed by atoms with Crippen LogP contribution in [0.2, 0.25) is 0 Å². The largest absolute Gasteiger partial charge is 0.447 e. The molecule has 2 heterocycles. The van der Waals surface area contributed by atoms with Crippen LogP contribution in [-0.4, -0.2) is 41.4 Å². The van der Waals surface area contributed by atoms with Gasteiger partial charge in [0.25, 0.3) is 0 Å². The number of hydrogen-bond donors (Lipinski definition) is 1. The van der Waals surface area contributed by atoms with Gasteiger partial charge in [-0.1, -0.05) is 12.2 Å². The predicted octanol–water partition coefficient (Wildman–Crippen LogP) is -0.262. The minimum Gasteiger partial charge on any atom is -0.447 e. The maximum Gasteiger partial charge on any atom is 0.410 e. The molecule has 0 saturated carbocycles. The van der Waals surface area contributed by atoms with Gasteiger partial charge < -0.3 is 9.84 Å². The van der Waals surface area contributed by atoms with Gasteiger partial charge in [0, 0.05) is 6.54 Å². The quantitative estimate of drug-likeness (QED) is 0.490. The van der Waals surface area contributed by atoms with Gasteiger partial charge in [-0.15, -0.1) is 0 Å². The van der Waals surface area contributed by atoms with E-state index in [9.17, 15) is 9.90 Å². The summed E-state index contributed by atoms with van der Waals surface area (Å²) in [6.07, 6.45) is 2.59. The van der Waals surface area contributed by atoms with Crippen LogP contribution in [0.5, 0.6) is 0 Å². The summed E-state index contributed by atoms with van der Waals surface area (Å²) < 4.78 is 4.76. The molecular weight excluding hydrogens is 146 g/mol. The SMILES string of the molecule is O=C1OC[C@@H]2[C@@H](O)C=CCN12. The first kappa shape index (κ1) is 6.67. The molecule has 4 heteroatoms. The van der Waals surface area contributed by atoms with Gasteiger partial charge in [-0.3, -0.25) is 4.90 Å². The van der Waals surface area contributed by atoms with Crippen LogP contribution in [0.3, 0.4) is 0 Å². The van der Waals surface area contributed by atoms with Gasteiger partial charge in [-0.05, 0) is 0 Å². The van der Waals surface area contributed by atoms with E-state index in [0.29, 0.717) is 13.2 Å². The molecule has 0 aromatic heterocycles. The Morgan fingerprint density at radius 2 is 2.55 bits per heavy atom. The Balaban J connectivity index is 2.21. The molecule has 0 aromatic rings. The molecule has 2 aliphatic heterocycles. The molecule has 1 N–H and O–H groups in total. The van der Waals surface area contributed by atoms with Crippen molar-refractivity contribution in [2.24, 2.45) is 0 Å². The Bertz CT molecular complexity index is 214. The molecule has 2 aliphatic rings. The lowest BCUT2D eigenvalue weighted by Crippen LogP contribution is -2.43. The van der Waals surface area contributed by atoms with Crippen molar-refractivity contribution in [3.8, 4) is 0 Å². The van der Waals surface area contributed by atoms with Gasteiger partial charge >= 0.3 is 6.09 Å². The summed E-state index contributed by atoms with van der Waals surface area (Å²) in [7, 11) is 0. The third-order valence-electron chi connectivity index (χ3n) is 2.04. The smallest absolute Gasteiger partial charge is 0.410 e. The van der Waals surface area contributed by atoms with Crippen molar-refractivity contribution in [1.82, 2.24) is 4.90 Å². The van der Waals surface area contributed by atoms with Crippen molar-refractivity contribution >= 4 is 6.09 Å². The van der Waals surface area contributed by atoms with Crippen molar-refractivity contribution in [1.29, 1.82) is 0 Å². The molecule has 4 nitrogen and oxygen atoms in total. The van der Waals surface area contributed by atoms with E-state index in [1.165, 1.54) is 4.90 Å². The number of carbonyl (C=O) groups excluding carboxylic acids is 1. The number of fused-ring (bicyclic) bond motifs is 1. The van der Waals surface area contributed by atoms with Crippen LogP contribution in [0.25, 0.3) is 0 Å². The third-order valence-corrected chi connectivity index (χ3v) is 2.04. The number of hydrogen-bond acceptors (Lipinski definition) is 3. The lowest BCUT2D eigenvalue weighted by molar-refractivity contribution is 0.118. The topological polar surface area (TPSA) is 49.8 Å². The third kappa shape index (κ3) is 0.903. The molecule has 1 saturated heterocycles. The summed E-state index contributed by atoms with van der Waals surface area (Å²) in [6.45, 7) is 0.866. The predicted molar refractivity (Wildman–Crippen MR) is 37.0 cm³/mol. The molecule has 0 unspecified atom stereocenters. The number of ether oxygens (including phenoxy) is 1. The maximum atomic E-state index is 10.9. The van der Waals surface area contributed by atoms with Crippen molar-refractivity contribution in [3.63, 3.8) is 0 Å². The average Bonchev–Trinajstić information content (AvgIpc) is 2.35. The summed E-state index contributed by atoms with van der Waals surface area (Å²) in [5.41, 5.74) is 0. The summed E-state index contributed by atoms with van der Waals surface area (Å²) in [5.74, 6) is 0. The fourth-order valence-electron chi connectivity index (χ4n) is 1.40. The second kappa shape index (κ2) is 2.23. The summed E-state index contributed by atoms with van der Waals surface area (Å²) in [4.78, 5) is 12.4. The van der Waals surface area contributed by atoms with Gasteiger partial charge in [-0.25, -0.2) is 4.79 Å². The average molecular weight is 155 g/mol. The Kier molecular flexibility index (Phi) is 1.35. The summed E-state index contributed by atoms with van der Waals surface area (Å²) >= 11 is 0. The number of rotatable bonds is 0. The summed E-state index contributed by atoms with van der Waals surface area (Å²) in [5, 5.41) is 9.34. The monoisotopic (exact) mass is 155 g/mol. The van der Waals surface area contributed by atoms with Crippen LogP contribution in [0.4, 0.5) is 4.79 Å². The van der Waals surface area contributed by atoms with Gasteiger partial charge in [-0.2, -0.15) is 0 Å². The van der Waals surface area contributed by atoms with Crippen LogP contribution >= 0.6 is 0 Å². The van der Waals surface area contributed by atoms with Crippen molar-refractivity contribution in [2.75, 3.05) is 13.2 Å². The highest BCUT2D eigenvalue weighted by molar-refractivity contribution is 5.70. The molecule has 60 valence electrons. The highest BCUT2D eigenvalue weighted by atomic mass is 16.6. The van der Waals surface area contributed by atoms with Crippen LogP contribution < -0.4 is 0 Å². The molecular formula is C7H9NO3. The fraction of sp³-hybridized carbons (Fsp3) is 0.571. The second-order valence-corrected chi connectivity index (χ2v) is 2.72. The minimum atomic E-state index is -0.560. The highest BCUT2D eigenvalue weighted by Crippen LogP contribution is 2.19. The fourth-order valence-corrected chi connectivity index (χ4v) is 1.40. The number of nitrogens with zero attached hydrogens (tertiary/aromatic N) is 1. The number of cyclic esters (lactones) is 1. The second-order valence-electron chi connectivity index (χ2n) is 2.72. The lowest BCUT2D eigenvalue weighted by Gasteiger charge is -2.26.